The van der Waals surface area contributed by atoms with Gasteiger partial charge < -0.3 is 5.73 Å². The number of aryl methyl sites for hydroxylation is 1. The van der Waals surface area contributed by atoms with E-state index in [0.717, 1.165) is 13.0 Å². The van der Waals surface area contributed by atoms with Crippen LogP contribution in [-0.4, -0.2) is 30.1 Å². The number of likely N-dealkylation sites (tertiary alicyclic amines) is 1. The molecule has 0 spiro atoms. The van der Waals surface area contributed by atoms with Crippen LogP contribution in [0.15, 0.2) is 22.7 Å². The van der Waals surface area contributed by atoms with E-state index in [2.05, 4.69) is 39.0 Å². The van der Waals surface area contributed by atoms with Gasteiger partial charge in [0.2, 0.25) is 0 Å². The quantitative estimate of drug-likeness (QED) is 0.910. The van der Waals surface area contributed by atoms with E-state index in [1.807, 2.05) is 0 Å². The molecular formula is C15H21BrN2. The third-order valence-electron chi connectivity index (χ3n) is 4.70. The highest BCUT2D eigenvalue weighted by Gasteiger charge is 2.39. The summed E-state index contributed by atoms with van der Waals surface area (Å²) in [7, 11) is 0. The maximum absolute atomic E-state index is 6.15. The second-order valence-corrected chi connectivity index (χ2v) is 6.63. The summed E-state index contributed by atoms with van der Waals surface area (Å²) in [4.78, 5) is 2.65. The molecule has 0 bridgehead atoms. The average molecular weight is 309 g/mol. The highest BCUT2D eigenvalue weighted by atomic mass is 79.9. The van der Waals surface area contributed by atoms with Crippen LogP contribution >= 0.6 is 15.9 Å². The Morgan fingerprint density at radius 3 is 2.72 bits per heavy atom. The third-order valence-corrected chi connectivity index (χ3v) is 5.20. The highest BCUT2D eigenvalue weighted by Crippen LogP contribution is 2.35. The number of hydrogen-bond donors (Lipinski definition) is 1. The Morgan fingerprint density at radius 2 is 2.00 bits per heavy atom. The molecule has 3 heteroatoms. The van der Waals surface area contributed by atoms with Crippen molar-refractivity contribution in [3.05, 3.63) is 33.8 Å². The fourth-order valence-electron chi connectivity index (χ4n) is 3.57. The Balaban J connectivity index is 1.89. The van der Waals surface area contributed by atoms with Gasteiger partial charge in [0.15, 0.2) is 0 Å². The lowest BCUT2D eigenvalue weighted by Gasteiger charge is -2.44. The second kappa shape index (κ2) is 4.95. The van der Waals surface area contributed by atoms with Gasteiger partial charge in [-0.2, -0.15) is 0 Å². The zero-order chi connectivity index (χ0) is 12.6. The summed E-state index contributed by atoms with van der Waals surface area (Å²) in [6, 6.07) is 6.72. The first-order valence-electron chi connectivity index (χ1n) is 6.96. The summed E-state index contributed by atoms with van der Waals surface area (Å²) in [5.41, 5.74) is 9.40. The van der Waals surface area contributed by atoms with Gasteiger partial charge in [-0.05, 0) is 68.5 Å². The Morgan fingerprint density at radius 1 is 1.22 bits per heavy atom. The minimum absolute atomic E-state index is 0.233. The average Bonchev–Trinajstić information content (AvgIpc) is 2.93. The Labute approximate surface area is 118 Å². The van der Waals surface area contributed by atoms with Crippen molar-refractivity contribution in [2.45, 2.75) is 37.6 Å². The van der Waals surface area contributed by atoms with E-state index in [4.69, 9.17) is 5.73 Å². The van der Waals surface area contributed by atoms with Gasteiger partial charge in [0.05, 0.1) is 0 Å². The number of benzene rings is 1. The summed E-state index contributed by atoms with van der Waals surface area (Å²) in [6.45, 7) is 3.27. The van der Waals surface area contributed by atoms with Crippen molar-refractivity contribution in [1.29, 1.82) is 0 Å². The fourth-order valence-corrected chi connectivity index (χ4v) is 3.98. The molecule has 0 saturated carbocycles. The number of rotatable bonds is 2. The molecule has 1 aliphatic carbocycles. The van der Waals surface area contributed by atoms with Gasteiger partial charge in [-0.15, -0.1) is 0 Å². The summed E-state index contributed by atoms with van der Waals surface area (Å²) >= 11 is 3.57. The van der Waals surface area contributed by atoms with Crippen LogP contribution in [0, 0.1) is 0 Å². The van der Waals surface area contributed by atoms with Crippen molar-refractivity contribution in [3.63, 3.8) is 0 Å². The van der Waals surface area contributed by atoms with Gasteiger partial charge in [0.1, 0.15) is 0 Å². The minimum Gasteiger partial charge on any atom is -0.329 e. The molecule has 1 aromatic rings. The van der Waals surface area contributed by atoms with E-state index in [1.54, 1.807) is 0 Å². The van der Waals surface area contributed by atoms with E-state index < -0.39 is 0 Å². The van der Waals surface area contributed by atoms with Crippen molar-refractivity contribution in [2.24, 2.45) is 5.73 Å². The van der Waals surface area contributed by atoms with E-state index >= 15 is 0 Å². The number of halogens is 1. The van der Waals surface area contributed by atoms with E-state index in [-0.39, 0.29) is 5.54 Å². The molecule has 18 heavy (non-hydrogen) atoms. The summed E-state index contributed by atoms with van der Waals surface area (Å²) in [5, 5.41) is 0. The lowest BCUT2D eigenvalue weighted by atomic mass is 9.77. The smallest absolute Gasteiger partial charge is 0.0375 e. The van der Waals surface area contributed by atoms with Crippen LogP contribution in [0.4, 0.5) is 0 Å². The Hall–Kier alpha value is -0.380. The van der Waals surface area contributed by atoms with Gasteiger partial charge in [-0.1, -0.05) is 22.0 Å². The molecule has 1 aliphatic heterocycles. The van der Waals surface area contributed by atoms with Gasteiger partial charge in [-0.25, -0.2) is 0 Å². The van der Waals surface area contributed by atoms with Crippen molar-refractivity contribution < 1.29 is 0 Å². The van der Waals surface area contributed by atoms with Gasteiger partial charge in [-0.3, -0.25) is 4.90 Å². The zero-order valence-electron chi connectivity index (χ0n) is 10.8. The first kappa shape index (κ1) is 12.6. The lowest BCUT2D eigenvalue weighted by Crippen LogP contribution is -2.56. The molecular weight excluding hydrogens is 288 g/mol. The van der Waals surface area contributed by atoms with Crippen molar-refractivity contribution in [1.82, 2.24) is 4.90 Å². The van der Waals surface area contributed by atoms with Crippen LogP contribution in [-0.2, 0) is 12.8 Å². The molecule has 1 fully saturated rings. The molecule has 0 amide bonds. The molecule has 3 rings (SSSR count). The molecule has 2 nitrogen and oxygen atoms in total. The standard InChI is InChI=1S/C15H21BrN2/c16-14-4-3-13-10-15(11-17,6-5-12(13)9-14)18-7-1-2-8-18/h3-4,9H,1-2,5-8,10-11,17H2. The lowest BCUT2D eigenvalue weighted by molar-refractivity contribution is 0.107. The summed E-state index contributed by atoms with van der Waals surface area (Å²) < 4.78 is 1.20. The fraction of sp³-hybridized carbons (Fsp3) is 0.600. The minimum atomic E-state index is 0.233. The van der Waals surface area contributed by atoms with Crippen molar-refractivity contribution >= 4 is 15.9 Å². The van der Waals surface area contributed by atoms with E-state index in [0.29, 0.717) is 0 Å². The number of nitrogens with two attached hydrogens (primary N) is 1. The summed E-state index contributed by atoms with van der Waals surface area (Å²) in [6.07, 6.45) is 6.20. The summed E-state index contributed by atoms with van der Waals surface area (Å²) in [5.74, 6) is 0. The van der Waals surface area contributed by atoms with Crippen LogP contribution in [0.5, 0.6) is 0 Å². The van der Waals surface area contributed by atoms with Crippen molar-refractivity contribution in [2.75, 3.05) is 19.6 Å². The van der Waals surface area contributed by atoms with Crippen LogP contribution in [0.2, 0.25) is 0 Å². The first-order valence-corrected chi connectivity index (χ1v) is 7.75. The normalized spacial score (nSPS) is 28.3. The predicted octanol–water partition coefficient (Wildman–Crippen LogP) is 2.73. The third kappa shape index (κ3) is 2.13. The second-order valence-electron chi connectivity index (χ2n) is 5.71. The molecule has 0 aromatic heterocycles. The first-order chi connectivity index (χ1) is 8.73. The van der Waals surface area contributed by atoms with E-state index in [1.165, 1.54) is 54.4 Å². The van der Waals surface area contributed by atoms with Crippen LogP contribution in [0.25, 0.3) is 0 Å². The largest absolute Gasteiger partial charge is 0.329 e. The van der Waals surface area contributed by atoms with Gasteiger partial charge >= 0.3 is 0 Å². The maximum Gasteiger partial charge on any atom is 0.0375 e. The molecule has 1 unspecified atom stereocenters. The number of fused-ring (bicyclic) bond motifs is 1. The molecule has 98 valence electrons. The monoisotopic (exact) mass is 308 g/mol. The van der Waals surface area contributed by atoms with Crippen LogP contribution in [0.1, 0.15) is 30.4 Å². The van der Waals surface area contributed by atoms with Gasteiger partial charge in [0, 0.05) is 16.6 Å². The van der Waals surface area contributed by atoms with Gasteiger partial charge in [0.25, 0.3) is 0 Å². The Bertz CT molecular complexity index is 440. The molecule has 1 aromatic carbocycles. The molecule has 1 heterocycles. The Kier molecular flexibility index (Phi) is 3.48. The molecule has 2 N–H and O–H groups in total. The predicted molar refractivity (Wildman–Crippen MR) is 78.8 cm³/mol. The molecule has 1 saturated heterocycles. The number of nitrogens with zero attached hydrogens (tertiary/aromatic N) is 1. The van der Waals surface area contributed by atoms with E-state index in [9.17, 15) is 0 Å². The van der Waals surface area contributed by atoms with Crippen LogP contribution in [0.3, 0.4) is 0 Å². The number of hydrogen-bond acceptors (Lipinski definition) is 2. The van der Waals surface area contributed by atoms with Crippen molar-refractivity contribution in [3.8, 4) is 0 Å². The van der Waals surface area contributed by atoms with Crippen LogP contribution < -0.4 is 5.73 Å². The topological polar surface area (TPSA) is 29.3 Å². The maximum atomic E-state index is 6.15. The molecule has 1 atom stereocenters. The SMILES string of the molecule is NCC1(N2CCCC2)CCc2cc(Br)ccc2C1. The zero-order valence-corrected chi connectivity index (χ0v) is 12.4. The molecule has 0 radical (unpaired) electrons. The molecule has 2 aliphatic rings. The highest BCUT2D eigenvalue weighted by molar-refractivity contribution is 9.10.